The standard InChI is InChI=1S/C31H35N9O3/c1-2-35-31(36-24-4-6-25(7-5-24)38-13-15-39(16-14-38)26-20-42-21-26)37-30(34)22-3-8-28(23(17-22)18-33)43-27-10-12-40(19-27)29(41)9-11-32/h2-8,17,26-27H,1,9-10,12-16,19-21H2,(H3,34,35,36,37)/t27-/m1/s1. The maximum Gasteiger partial charge on any atom is 0.236 e. The van der Waals surface area contributed by atoms with E-state index in [4.69, 9.17) is 20.5 Å². The summed E-state index contributed by atoms with van der Waals surface area (Å²) in [7, 11) is 0. The van der Waals surface area contributed by atoms with Gasteiger partial charge in [0.25, 0.3) is 0 Å². The van der Waals surface area contributed by atoms with E-state index < -0.39 is 0 Å². The fourth-order valence-corrected chi connectivity index (χ4v) is 5.31. The molecule has 3 fully saturated rings. The van der Waals surface area contributed by atoms with Crippen LogP contribution in [0.25, 0.3) is 0 Å². The van der Waals surface area contributed by atoms with E-state index in [0.717, 1.165) is 50.8 Å². The van der Waals surface area contributed by atoms with Gasteiger partial charge in [0.2, 0.25) is 11.9 Å². The van der Waals surface area contributed by atoms with Gasteiger partial charge in [0.15, 0.2) is 0 Å². The number of piperazine rings is 1. The van der Waals surface area contributed by atoms with Crippen LogP contribution in [0, 0.1) is 22.7 Å². The molecule has 3 aliphatic heterocycles. The van der Waals surface area contributed by atoms with Crippen LogP contribution in [0.2, 0.25) is 0 Å². The first-order chi connectivity index (χ1) is 21.0. The number of nitriles is 2. The highest BCUT2D eigenvalue weighted by molar-refractivity contribution is 6.08. The predicted molar refractivity (Wildman–Crippen MR) is 164 cm³/mol. The largest absolute Gasteiger partial charge is 0.487 e. The predicted octanol–water partition coefficient (Wildman–Crippen LogP) is 2.29. The van der Waals surface area contributed by atoms with E-state index in [1.54, 1.807) is 23.1 Å². The Morgan fingerprint density at radius 1 is 1.14 bits per heavy atom. The maximum absolute atomic E-state index is 12.0. The highest BCUT2D eigenvalue weighted by atomic mass is 16.5. The fourth-order valence-electron chi connectivity index (χ4n) is 5.31. The first kappa shape index (κ1) is 29.6. The van der Waals surface area contributed by atoms with Gasteiger partial charge >= 0.3 is 0 Å². The van der Waals surface area contributed by atoms with Crippen molar-refractivity contribution in [3.8, 4) is 17.9 Å². The molecule has 12 heteroatoms. The Bertz CT molecular complexity index is 1460. The van der Waals surface area contributed by atoms with Crippen molar-refractivity contribution in [3.05, 3.63) is 66.4 Å². The third kappa shape index (κ3) is 7.30. The fraction of sp³-hybridized carbons (Fsp3) is 0.387. The van der Waals surface area contributed by atoms with Crippen molar-refractivity contribution in [2.45, 2.75) is 25.0 Å². The number of likely N-dealkylation sites (tertiary alicyclic amines) is 1. The van der Waals surface area contributed by atoms with Gasteiger partial charge in [0, 0.05) is 62.3 Å². The number of nitrogens with zero attached hydrogens (tertiary/aromatic N) is 7. The lowest BCUT2D eigenvalue weighted by Gasteiger charge is -2.43. The van der Waals surface area contributed by atoms with Crippen molar-refractivity contribution in [3.63, 3.8) is 0 Å². The molecular weight excluding hydrogens is 546 g/mol. The lowest BCUT2D eigenvalue weighted by Crippen LogP contribution is -2.56. The molecule has 0 spiro atoms. The minimum atomic E-state index is -0.263. The SMILES string of the molecule is C=CN=C(N=C(N)c1ccc(O[C@@H]2CCN(C(=O)CC#N)C2)c(C#N)c1)Nc1ccc(N2CCN(C3COC3)CC2)cc1. The average molecular weight is 582 g/mol. The molecule has 2 aromatic carbocycles. The van der Waals surface area contributed by atoms with Crippen LogP contribution in [0.4, 0.5) is 11.4 Å². The number of carbonyl (C=O) groups excluding carboxylic acids is 1. The van der Waals surface area contributed by atoms with Gasteiger partial charge in [-0.15, -0.1) is 0 Å². The zero-order chi connectivity index (χ0) is 30.2. The molecule has 3 saturated heterocycles. The highest BCUT2D eigenvalue weighted by Crippen LogP contribution is 2.25. The lowest BCUT2D eigenvalue weighted by molar-refractivity contribution is -0.129. The van der Waals surface area contributed by atoms with E-state index in [2.05, 4.69) is 49.9 Å². The van der Waals surface area contributed by atoms with Crippen LogP contribution in [0.5, 0.6) is 5.75 Å². The number of guanidine groups is 1. The number of amides is 1. The third-order valence-electron chi connectivity index (χ3n) is 7.80. The van der Waals surface area contributed by atoms with Gasteiger partial charge in [-0.1, -0.05) is 6.58 Å². The third-order valence-corrected chi connectivity index (χ3v) is 7.80. The topological polar surface area (TPSA) is 156 Å². The Kier molecular flexibility index (Phi) is 9.52. The van der Waals surface area contributed by atoms with Crippen molar-refractivity contribution in [1.82, 2.24) is 9.80 Å². The van der Waals surface area contributed by atoms with Crippen LogP contribution in [-0.4, -0.2) is 92.1 Å². The molecule has 5 rings (SSSR count). The van der Waals surface area contributed by atoms with Crippen LogP contribution in [0.1, 0.15) is 24.0 Å². The van der Waals surface area contributed by atoms with Crippen LogP contribution < -0.4 is 20.7 Å². The van der Waals surface area contributed by atoms with E-state index >= 15 is 0 Å². The number of nitrogens with two attached hydrogens (primary N) is 1. The molecule has 1 atom stereocenters. The molecule has 1 amide bonds. The molecule has 0 bridgehead atoms. The second-order valence-electron chi connectivity index (χ2n) is 10.5. The minimum absolute atomic E-state index is 0.157. The van der Waals surface area contributed by atoms with Crippen molar-refractivity contribution < 1.29 is 14.3 Å². The molecule has 12 nitrogen and oxygen atoms in total. The number of ether oxygens (including phenoxy) is 2. The molecule has 3 heterocycles. The molecule has 3 N–H and O–H groups in total. The van der Waals surface area contributed by atoms with Gasteiger partial charge in [-0.3, -0.25) is 9.69 Å². The number of hydrogen-bond acceptors (Lipinski definition) is 8. The van der Waals surface area contributed by atoms with Crippen LogP contribution in [-0.2, 0) is 9.53 Å². The van der Waals surface area contributed by atoms with Gasteiger partial charge in [-0.25, -0.2) is 4.99 Å². The van der Waals surface area contributed by atoms with E-state index in [1.807, 2.05) is 18.2 Å². The summed E-state index contributed by atoms with van der Waals surface area (Å²) in [6, 6.07) is 17.7. The first-order valence-corrected chi connectivity index (χ1v) is 14.3. The van der Waals surface area contributed by atoms with E-state index in [1.165, 1.54) is 6.20 Å². The van der Waals surface area contributed by atoms with Gasteiger partial charge in [-0.2, -0.15) is 15.5 Å². The molecule has 0 unspecified atom stereocenters. The summed E-state index contributed by atoms with van der Waals surface area (Å²) in [4.78, 5) is 27.2. The lowest BCUT2D eigenvalue weighted by atomic mass is 10.1. The summed E-state index contributed by atoms with van der Waals surface area (Å²) in [5.74, 6) is 0.596. The van der Waals surface area contributed by atoms with E-state index in [-0.39, 0.29) is 30.2 Å². The van der Waals surface area contributed by atoms with Crippen molar-refractivity contribution in [2.24, 2.45) is 15.7 Å². The summed E-state index contributed by atoms with van der Waals surface area (Å²) >= 11 is 0. The first-order valence-electron chi connectivity index (χ1n) is 14.3. The number of nitrogens with one attached hydrogen (secondary N) is 1. The van der Waals surface area contributed by atoms with E-state index in [0.29, 0.717) is 42.4 Å². The van der Waals surface area contributed by atoms with Gasteiger partial charge in [0.1, 0.15) is 30.2 Å². The number of carbonyl (C=O) groups is 1. The number of benzene rings is 2. The Balaban J connectivity index is 1.20. The summed E-state index contributed by atoms with van der Waals surface area (Å²) < 4.78 is 11.4. The van der Waals surface area contributed by atoms with E-state index in [9.17, 15) is 10.1 Å². The minimum Gasteiger partial charge on any atom is -0.487 e. The molecule has 0 saturated carbocycles. The smallest absolute Gasteiger partial charge is 0.236 e. The Morgan fingerprint density at radius 2 is 1.91 bits per heavy atom. The molecule has 222 valence electrons. The molecule has 43 heavy (non-hydrogen) atoms. The average Bonchev–Trinajstić information content (AvgIpc) is 3.46. The number of amidine groups is 1. The van der Waals surface area contributed by atoms with Crippen LogP contribution in [0.15, 0.2) is 65.2 Å². The van der Waals surface area contributed by atoms with Crippen molar-refractivity contribution in [2.75, 3.05) is 62.7 Å². The zero-order valence-electron chi connectivity index (χ0n) is 24.0. The molecular formula is C31H35N9O3. The number of hydrogen-bond donors (Lipinski definition) is 2. The van der Waals surface area contributed by atoms with Gasteiger partial charge in [-0.05, 0) is 42.5 Å². The Hall–Kier alpha value is -4.91. The molecule has 0 radical (unpaired) electrons. The van der Waals surface area contributed by atoms with Crippen LogP contribution >= 0.6 is 0 Å². The highest BCUT2D eigenvalue weighted by Gasteiger charge is 2.29. The monoisotopic (exact) mass is 581 g/mol. The number of anilines is 2. The number of aliphatic imine (C=N–C) groups is 2. The van der Waals surface area contributed by atoms with Gasteiger partial charge in [0.05, 0.1) is 37.4 Å². The molecule has 2 aromatic rings. The summed E-state index contributed by atoms with van der Waals surface area (Å²) in [5.41, 5.74) is 9.10. The number of rotatable bonds is 8. The zero-order valence-corrected chi connectivity index (χ0v) is 24.0. The summed E-state index contributed by atoms with van der Waals surface area (Å²) in [6.45, 7) is 10.3. The van der Waals surface area contributed by atoms with Gasteiger partial charge < -0.3 is 30.3 Å². The maximum atomic E-state index is 12.0. The summed E-state index contributed by atoms with van der Waals surface area (Å²) in [6.07, 6.45) is 1.58. The normalized spacial score (nSPS) is 19.7. The molecule has 3 aliphatic rings. The Morgan fingerprint density at radius 3 is 2.56 bits per heavy atom. The summed E-state index contributed by atoms with van der Waals surface area (Å²) in [5, 5.41) is 21.7. The van der Waals surface area contributed by atoms with Crippen molar-refractivity contribution >= 4 is 29.1 Å². The second kappa shape index (κ2) is 13.8. The Labute approximate surface area is 251 Å². The molecule has 0 aromatic heterocycles. The van der Waals surface area contributed by atoms with Crippen LogP contribution in [0.3, 0.4) is 0 Å². The van der Waals surface area contributed by atoms with Crippen molar-refractivity contribution in [1.29, 1.82) is 10.5 Å². The second-order valence-corrected chi connectivity index (χ2v) is 10.5. The molecule has 0 aliphatic carbocycles. The quantitative estimate of drug-likeness (QED) is 0.353.